The van der Waals surface area contributed by atoms with Crippen molar-refractivity contribution in [3.8, 4) is 66.8 Å². The summed E-state index contributed by atoms with van der Waals surface area (Å²) < 4.78 is 0. The van der Waals surface area contributed by atoms with Gasteiger partial charge in [-0.1, -0.05) is 238 Å². The van der Waals surface area contributed by atoms with Crippen LogP contribution in [-0.4, -0.2) is 0 Å². The summed E-state index contributed by atoms with van der Waals surface area (Å²) in [5, 5.41) is 12.4. The lowest BCUT2D eigenvalue weighted by Crippen LogP contribution is -1.98. The number of hydrogen-bond donors (Lipinski definition) is 0. The Labute approximate surface area is 369 Å². The monoisotopic (exact) mass is 800 g/mol. The zero-order chi connectivity index (χ0) is 41.0. The Bertz CT molecular complexity index is 3390. The molecule has 0 atom stereocenters. The standard InChI is InChI=1S/C62H40.CH4/c1-3-15-41(16-4-1)45-27-33-47(34-28-45)57-53-23-11-12-24-54(53)58(48-35-29-46(30-36-48)42-17-5-2-6-18-42)62-60(52-38-32-44-20-8-10-22-50(44)40-52)56-26-14-13-25-55(56)59(61(57)62)51-37-31-43-19-7-9-21-49(43)39-51;/h1-40H;1H4. The van der Waals surface area contributed by atoms with Gasteiger partial charge in [0.2, 0.25) is 0 Å². The fourth-order valence-electron chi connectivity index (χ4n) is 9.94. The lowest BCUT2D eigenvalue weighted by atomic mass is 9.77. The van der Waals surface area contributed by atoms with E-state index in [4.69, 9.17) is 0 Å². The molecule has 0 amide bonds. The average molecular weight is 801 g/mol. The molecule has 296 valence electrons. The first-order valence-electron chi connectivity index (χ1n) is 21.5. The molecule has 0 heteroatoms. The minimum Gasteiger partial charge on any atom is -0.0776 e. The normalized spacial score (nSPS) is 11.4. The highest BCUT2D eigenvalue weighted by atomic mass is 14.3. The first kappa shape index (κ1) is 37.9. The van der Waals surface area contributed by atoms with E-state index in [1.165, 1.54) is 121 Å². The Balaban J connectivity index is 0.00000444. The van der Waals surface area contributed by atoms with E-state index in [1.54, 1.807) is 0 Å². The Hall–Kier alpha value is -8.06. The highest BCUT2D eigenvalue weighted by Gasteiger charge is 2.26. The fourth-order valence-corrected chi connectivity index (χ4v) is 9.94. The molecule has 0 spiro atoms. The van der Waals surface area contributed by atoms with Crippen molar-refractivity contribution in [1.82, 2.24) is 0 Å². The van der Waals surface area contributed by atoms with E-state index >= 15 is 0 Å². The van der Waals surface area contributed by atoms with Crippen LogP contribution in [0.4, 0.5) is 0 Å². The molecule has 0 aliphatic heterocycles. The lowest BCUT2D eigenvalue weighted by molar-refractivity contribution is 1.60. The molecule has 0 bridgehead atoms. The summed E-state index contributed by atoms with van der Waals surface area (Å²) in [5.74, 6) is 0. The maximum Gasteiger partial charge on any atom is -0.000139 e. The third-order valence-corrected chi connectivity index (χ3v) is 12.8. The van der Waals surface area contributed by atoms with Crippen LogP contribution < -0.4 is 0 Å². The maximum absolute atomic E-state index is 2.40. The zero-order valence-electron chi connectivity index (χ0n) is 34.1. The molecular formula is C63H44. The van der Waals surface area contributed by atoms with Crippen molar-refractivity contribution in [2.24, 2.45) is 0 Å². The SMILES string of the molecule is C.c1ccc(-c2ccc(-c3c4ccccc4c(-c4ccc(-c5ccccc5)cc4)c4c(-c5ccc6ccccc6c5)c5ccccc5c(-c5ccc6ccccc6c5)c34)cc2)cc1. The van der Waals surface area contributed by atoms with Crippen LogP contribution in [0.1, 0.15) is 7.43 Å². The van der Waals surface area contributed by atoms with Gasteiger partial charge in [0.15, 0.2) is 0 Å². The van der Waals surface area contributed by atoms with Crippen LogP contribution in [0.25, 0.3) is 121 Å². The molecule has 0 aromatic heterocycles. The van der Waals surface area contributed by atoms with Gasteiger partial charge in [0.05, 0.1) is 0 Å². The lowest BCUT2D eigenvalue weighted by Gasteiger charge is -2.25. The third kappa shape index (κ3) is 6.47. The summed E-state index contributed by atoms with van der Waals surface area (Å²) in [4.78, 5) is 0. The second-order valence-electron chi connectivity index (χ2n) is 16.4. The largest absolute Gasteiger partial charge is 0.0776 e. The zero-order valence-corrected chi connectivity index (χ0v) is 34.1. The molecule has 12 aromatic rings. The van der Waals surface area contributed by atoms with Crippen LogP contribution in [0, 0.1) is 0 Å². The van der Waals surface area contributed by atoms with E-state index in [0.717, 1.165) is 0 Å². The van der Waals surface area contributed by atoms with E-state index in [-0.39, 0.29) is 7.43 Å². The van der Waals surface area contributed by atoms with Gasteiger partial charge >= 0.3 is 0 Å². The van der Waals surface area contributed by atoms with Crippen LogP contribution in [-0.2, 0) is 0 Å². The highest BCUT2D eigenvalue weighted by molar-refractivity contribution is 6.34. The molecule has 0 aliphatic carbocycles. The van der Waals surface area contributed by atoms with Gasteiger partial charge in [0, 0.05) is 0 Å². The van der Waals surface area contributed by atoms with Crippen molar-refractivity contribution >= 4 is 53.9 Å². The molecule has 0 N–H and O–H groups in total. The van der Waals surface area contributed by atoms with Gasteiger partial charge in [-0.25, -0.2) is 0 Å². The summed E-state index contributed by atoms with van der Waals surface area (Å²) >= 11 is 0. The van der Waals surface area contributed by atoms with E-state index in [0.29, 0.717) is 0 Å². The smallest absolute Gasteiger partial charge is 0.000139 e. The van der Waals surface area contributed by atoms with Crippen molar-refractivity contribution in [3.63, 3.8) is 0 Å². The van der Waals surface area contributed by atoms with E-state index in [9.17, 15) is 0 Å². The first-order chi connectivity index (χ1) is 30.8. The van der Waals surface area contributed by atoms with Crippen LogP contribution in [0.15, 0.2) is 243 Å². The van der Waals surface area contributed by atoms with Crippen molar-refractivity contribution in [1.29, 1.82) is 0 Å². The van der Waals surface area contributed by atoms with E-state index in [2.05, 4.69) is 243 Å². The van der Waals surface area contributed by atoms with Gasteiger partial charge in [-0.3, -0.25) is 0 Å². The Morgan fingerprint density at radius 3 is 0.794 bits per heavy atom. The predicted octanol–water partition coefficient (Wildman–Crippen LogP) is 18.1. The molecule has 0 saturated heterocycles. The molecule has 0 saturated carbocycles. The fraction of sp³-hybridized carbons (Fsp3) is 0.0159. The van der Waals surface area contributed by atoms with Crippen molar-refractivity contribution in [3.05, 3.63) is 243 Å². The maximum atomic E-state index is 2.40. The van der Waals surface area contributed by atoms with E-state index in [1.807, 2.05) is 0 Å². The molecule has 12 aromatic carbocycles. The summed E-state index contributed by atoms with van der Waals surface area (Å²) in [5.41, 5.74) is 14.6. The first-order valence-corrected chi connectivity index (χ1v) is 21.5. The Kier molecular flexibility index (Phi) is 9.48. The van der Waals surface area contributed by atoms with Gasteiger partial charge < -0.3 is 0 Å². The number of rotatable bonds is 6. The predicted molar refractivity (Wildman–Crippen MR) is 273 cm³/mol. The molecule has 0 radical (unpaired) electrons. The second-order valence-corrected chi connectivity index (χ2v) is 16.4. The molecule has 12 rings (SSSR count). The quantitative estimate of drug-likeness (QED) is 0.147. The van der Waals surface area contributed by atoms with Gasteiger partial charge in [0.1, 0.15) is 0 Å². The van der Waals surface area contributed by atoms with Crippen LogP contribution in [0.3, 0.4) is 0 Å². The van der Waals surface area contributed by atoms with Crippen molar-refractivity contribution in [2.75, 3.05) is 0 Å². The molecule has 0 heterocycles. The van der Waals surface area contributed by atoms with Crippen molar-refractivity contribution in [2.45, 2.75) is 7.43 Å². The van der Waals surface area contributed by atoms with E-state index < -0.39 is 0 Å². The van der Waals surface area contributed by atoms with Gasteiger partial charge in [-0.15, -0.1) is 0 Å². The number of benzene rings is 12. The second kappa shape index (κ2) is 15.8. The molecular weight excluding hydrogens is 757 g/mol. The molecule has 0 unspecified atom stereocenters. The molecule has 0 fully saturated rings. The summed E-state index contributed by atoms with van der Waals surface area (Å²) in [6.45, 7) is 0. The highest BCUT2D eigenvalue weighted by Crippen LogP contribution is 2.54. The topological polar surface area (TPSA) is 0 Å². The summed E-state index contributed by atoms with van der Waals surface area (Å²) in [7, 11) is 0. The van der Waals surface area contributed by atoms with Crippen LogP contribution in [0.2, 0.25) is 0 Å². The Morgan fingerprint density at radius 1 is 0.175 bits per heavy atom. The molecule has 0 aliphatic rings. The van der Waals surface area contributed by atoms with Gasteiger partial charge in [0.25, 0.3) is 0 Å². The number of hydrogen-bond acceptors (Lipinski definition) is 0. The number of fused-ring (bicyclic) bond motifs is 5. The van der Waals surface area contributed by atoms with Crippen molar-refractivity contribution < 1.29 is 0 Å². The third-order valence-electron chi connectivity index (χ3n) is 12.8. The minimum absolute atomic E-state index is 0. The molecule has 0 nitrogen and oxygen atoms in total. The van der Waals surface area contributed by atoms with Gasteiger partial charge in [-0.2, -0.15) is 0 Å². The minimum atomic E-state index is 0. The summed E-state index contributed by atoms with van der Waals surface area (Å²) in [6, 6.07) is 89.7. The van der Waals surface area contributed by atoms with Crippen LogP contribution >= 0.6 is 0 Å². The molecule has 63 heavy (non-hydrogen) atoms. The Morgan fingerprint density at radius 2 is 0.429 bits per heavy atom. The average Bonchev–Trinajstić information content (AvgIpc) is 3.35. The van der Waals surface area contributed by atoms with Crippen LogP contribution in [0.5, 0.6) is 0 Å². The summed E-state index contributed by atoms with van der Waals surface area (Å²) in [6.07, 6.45) is 0. The van der Waals surface area contributed by atoms with Gasteiger partial charge in [-0.05, 0) is 133 Å².